The first-order chi connectivity index (χ1) is 12.6. The SMILES string of the molecule is CC1CCCCN1C(=O)c1ccc(NC(=O)C(N)c2ccccc2)cc1.Cl. The Morgan fingerprint density at radius 2 is 1.74 bits per heavy atom. The fraction of sp³-hybridized carbons (Fsp3) is 0.333. The summed E-state index contributed by atoms with van der Waals surface area (Å²) in [6.07, 6.45) is 3.29. The smallest absolute Gasteiger partial charge is 0.254 e. The number of nitrogens with one attached hydrogen (secondary N) is 1. The van der Waals surface area contributed by atoms with E-state index in [0.717, 1.165) is 24.9 Å². The fourth-order valence-electron chi connectivity index (χ4n) is 3.29. The third-order valence-corrected chi connectivity index (χ3v) is 4.90. The number of carbonyl (C=O) groups excluding carboxylic acids is 2. The summed E-state index contributed by atoms with van der Waals surface area (Å²) in [4.78, 5) is 26.9. The zero-order valence-corrected chi connectivity index (χ0v) is 16.2. The van der Waals surface area contributed by atoms with Crippen molar-refractivity contribution < 1.29 is 9.59 Å². The van der Waals surface area contributed by atoms with Crippen LogP contribution in [0.4, 0.5) is 5.69 Å². The van der Waals surface area contributed by atoms with E-state index in [-0.39, 0.29) is 30.3 Å². The lowest BCUT2D eigenvalue weighted by atomic mass is 10.0. The first kappa shape index (κ1) is 20.9. The van der Waals surface area contributed by atoms with Crippen LogP contribution in [0.5, 0.6) is 0 Å². The van der Waals surface area contributed by atoms with Gasteiger partial charge in [-0.15, -0.1) is 12.4 Å². The maximum absolute atomic E-state index is 12.7. The molecule has 3 rings (SSSR count). The molecule has 2 unspecified atom stereocenters. The van der Waals surface area contributed by atoms with E-state index in [1.165, 1.54) is 6.42 Å². The summed E-state index contributed by atoms with van der Waals surface area (Å²) in [5.41, 5.74) is 8.04. The Balaban J connectivity index is 0.00000261. The van der Waals surface area contributed by atoms with Gasteiger partial charge in [0.05, 0.1) is 0 Å². The second kappa shape index (κ2) is 9.53. The Labute approximate surface area is 166 Å². The van der Waals surface area contributed by atoms with Crippen molar-refractivity contribution in [1.82, 2.24) is 4.90 Å². The summed E-state index contributed by atoms with van der Waals surface area (Å²) in [5.74, 6) is -0.226. The molecule has 0 bridgehead atoms. The molecule has 2 aromatic rings. The molecule has 0 aromatic heterocycles. The zero-order valence-electron chi connectivity index (χ0n) is 15.4. The summed E-state index contributed by atoms with van der Waals surface area (Å²) in [5, 5.41) is 2.81. The molecule has 0 radical (unpaired) electrons. The normalized spacial score (nSPS) is 17.6. The van der Waals surface area contributed by atoms with Crippen molar-refractivity contribution in [2.24, 2.45) is 5.73 Å². The number of hydrogen-bond acceptors (Lipinski definition) is 3. The Hall–Kier alpha value is -2.37. The third kappa shape index (κ3) is 5.08. The minimum Gasteiger partial charge on any atom is -0.336 e. The van der Waals surface area contributed by atoms with Crippen LogP contribution in [0.3, 0.4) is 0 Å². The van der Waals surface area contributed by atoms with Gasteiger partial charge in [0, 0.05) is 23.8 Å². The van der Waals surface area contributed by atoms with E-state index in [2.05, 4.69) is 12.2 Å². The number of amides is 2. The van der Waals surface area contributed by atoms with Crippen molar-refractivity contribution in [2.75, 3.05) is 11.9 Å². The highest BCUT2D eigenvalue weighted by Crippen LogP contribution is 2.20. The van der Waals surface area contributed by atoms with Gasteiger partial charge in [-0.3, -0.25) is 9.59 Å². The van der Waals surface area contributed by atoms with Crippen molar-refractivity contribution in [1.29, 1.82) is 0 Å². The van der Waals surface area contributed by atoms with Crippen molar-refractivity contribution in [3.63, 3.8) is 0 Å². The summed E-state index contributed by atoms with van der Waals surface area (Å²) in [6.45, 7) is 2.90. The maximum Gasteiger partial charge on any atom is 0.254 e. The summed E-state index contributed by atoms with van der Waals surface area (Å²) >= 11 is 0. The number of halogens is 1. The van der Waals surface area contributed by atoms with Crippen LogP contribution in [0.25, 0.3) is 0 Å². The lowest BCUT2D eigenvalue weighted by Gasteiger charge is -2.33. The number of nitrogens with two attached hydrogens (primary N) is 1. The number of anilines is 1. The highest BCUT2D eigenvalue weighted by atomic mass is 35.5. The first-order valence-electron chi connectivity index (χ1n) is 9.08. The first-order valence-corrected chi connectivity index (χ1v) is 9.08. The van der Waals surface area contributed by atoms with E-state index in [1.807, 2.05) is 35.2 Å². The quantitative estimate of drug-likeness (QED) is 0.838. The molecule has 144 valence electrons. The van der Waals surface area contributed by atoms with Gasteiger partial charge in [-0.1, -0.05) is 30.3 Å². The van der Waals surface area contributed by atoms with E-state index >= 15 is 0 Å². The Kier molecular flexibility index (Phi) is 7.39. The van der Waals surface area contributed by atoms with Gasteiger partial charge in [0.15, 0.2) is 0 Å². The van der Waals surface area contributed by atoms with Crippen LogP contribution in [0.1, 0.15) is 48.1 Å². The lowest BCUT2D eigenvalue weighted by Crippen LogP contribution is -2.42. The zero-order chi connectivity index (χ0) is 18.5. The fourth-order valence-corrected chi connectivity index (χ4v) is 3.29. The van der Waals surface area contributed by atoms with Gasteiger partial charge in [0.25, 0.3) is 5.91 Å². The molecule has 1 saturated heterocycles. The van der Waals surface area contributed by atoms with Crippen LogP contribution in [0, 0.1) is 0 Å². The molecular weight excluding hydrogens is 362 g/mol. The molecule has 3 N–H and O–H groups in total. The molecule has 2 amide bonds. The standard InChI is InChI=1S/C21H25N3O2.ClH/c1-15-7-5-6-14-24(15)21(26)17-10-12-18(13-11-17)23-20(25)19(22)16-8-3-2-4-9-16;/h2-4,8-13,15,19H,5-7,14,22H2,1H3,(H,23,25);1H. The summed E-state index contributed by atoms with van der Waals surface area (Å²) < 4.78 is 0. The Morgan fingerprint density at radius 3 is 2.37 bits per heavy atom. The number of rotatable bonds is 4. The number of hydrogen-bond donors (Lipinski definition) is 2. The Morgan fingerprint density at radius 1 is 1.07 bits per heavy atom. The number of nitrogens with zero attached hydrogens (tertiary/aromatic N) is 1. The number of benzene rings is 2. The topological polar surface area (TPSA) is 75.4 Å². The van der Waals surface area contributed by atoms with Gasteiger partial charge in [-0.25, -0.2) is 0 Å². The van der Waals surface area contributed by atoms with Gasteiger partial charge >= 0.3 is 0 Å². The second-order valence-corrected chi connectivity index (χ2v) is 6.80. The van der Waals surface area contributed by atoms with E-state index < -0.39 is 6.04 Å². The molecule has 0 aliphatic carbocycles. The molecule has 1 heterocycles. The minimum atomic E-state index is -0.730. The molecule has 1 fully saturated rings. The average molecular weight is 388 g/mol. The van der Waals surface area contributed by atoms with E-state index in [1.54, 1.807) is 24.3 Å². The van der Waals surface area contributed by atoms with Crippen LogP contribution < -0.4 is 11.1 Å². The van der Waals surface area contributed by atoms with Crippen molar-refractivity contribution >= 4 is 29.9 Å². The van der Waals surface area contributed by atoms with Crippen molar-refractivity contribution in [2.45, 2.75) is 38.3 Å². The van der Waals surface area contributed by atoms with Gasteiger partial charge < -0.3 is 16.0 Å². The maximum atomic E-state index is 12.7. The summed E-state index contributed by atoms with van der Waals surface area (Å²) in [6, 6.07) is 15.8. The van der Waals surface area contributed by atoms with Crippen LogP contribution in [0.15, 0.2) is 54.6 Å². The second-order valence-electron chi connectivity index (χ2n) is 6.80. The minimum absolute atomic E-state index is 0. The average Bonchev–Trinajstić information content (AvgIpc) is 2.68. The van der Waals surface area contributed by atoms with Crippen LogP contribution in [0.2, 0.25) is 0 Å². The van der Waals surface area contributed by atoms with E-state index in [9.17, 15) is 9.59 Å². The molecule has 27 heavy (non-hydrogen) atoms. The third-order valence-electron chi connectivity index (χ3n) is 4.90. The molecule has 0 spiro atoms. The lowest BCUT2D eigenvalue weighted by molar-refractivity contribution is -0.117. The monoisotopic (exact) mass is 387 g/mol. The molecule has 2 aromatic carbocycles. The Bertz CT molecular complexity index is 765. The van der Waals surface area contributed by atoms with E-state index in [0.29, 0.717) is 11.3 Å². The van der Waals surface area contributed by atoms with Crippen molar-refractivity contribution in [3.05, 3.63) is 65.7 Å². The predicted octanol–water partition coefficient (Wildman–Crippen LogP) is 3.76. The van der Waals surface area contributed by atoms with Gasteiger partial charge in [-0.2, -0.15) is 0 Å². The molecule has 1 aliphatic rings. The summed E-state index contributed by atoms with van der Waals surface area (Å²) in [7, 11) is 0. The van der Waals surface area contributed by atoms with Gasteiger partial charge in [-0.05, 0) is 56.0 Å². The molecule has 6 heteroatoms. The van der Waals surface area contributed by atoms with Gasteiger partial charge in [0.2, 0.25) is 5.91 Å². The highest BCUT2D eigenvalue weighted by molar-refractivity contribution is 5.97. The molecule has 2 atom stereocenters. The van der Waals surface area contributed by atoms with E-state index in [4.69, 9.17) is 5.73 Å². The van der Waals surface area contributed by atoms with Crippen molar-refractivity contribution in [3.8, 4) is 0 Å². The number of carbonyl (C=O) groups is 2. The largest absolute Gasteiger partial charge is 0.336 e. The number of piperidine rings is 1. The molecular formula is C21H26ClN3O2. The van der Waals surface area contributed by atoms with Gasteiger partial charge in [0.1, 0.15) is 6.04 Å². The predicted molar refractivity (Wildman–Crippen MR) is 110 cm³/mol. The van der Waals surface area contributed by atoms with Crippen LogP contribution >= 0.6 is 12.4 Å². The van der Waals surface area contributed by atoms with Crippen LogP contribution in [-0.4, -0.2) is 29.3 Å². The number of likely N-dealkylation sites (tertiary alicyclic amines) is 1. The van der Waals surface area contributed by atoms with Crippen LogP contribution in [-0.2, 0) is 4.79 Å². The highest BCUT2D eigenvalue weighted by Gasteiger charge is 2.24. The molecule has 5 nitrogen and oxygen atoms in total. The molecule has 1 aliphatic heterocycles. The molecule has 0 saturated carbocycles.